The van der Waals surface area contributed by atoms with Crippen LogP contribution in [0.15, 0.2) is 22.7 Å². The highest BCUT2D eigenvalue weighted by Crippen LogP contribution is 2.33. The number of aromatic nitrogens is 2. The van der Waals surface area contributed by atoms with E-state index >= 15 is 0 Å². The minimum Gasteiger partial charge on any atom is -0.383 e. The van der Waals surface area contributed by atoms with Crippen molar-refractivity contribution in [1.82, 2.24) is 9.55 Å². The average molecular weight is 357 g/mol. The minimum atomic E-state index is 0.337. The third-order valence-corrected chi connectivity index (χ3v) is 4.43. The maximum absolute atomic E-state index is 6.29. The third-order valence-electron chi connectivity index (χ3n) is 3.19. The van der Waals surface area contributed by atoms with Crippen LogP contribution in [0.5, 0.6) is 0 Å². The summed E-state index contributed by atoms with van der Waals surface area (Å²) in [5.41, 5.74) is 8.06. The molecule has 2 aromatic rings. The van der Waals surface area contributed by atoms with Crippen molar-refractivity contribution in [2.24, 2.45) is 0 Å². The van der Waals surface area contributed by atoms with Gasteiger partial charge in [0, 0.05) is 22.5 Å². The summed E-state index contributed by atoms with van der Waals surface area (Å²) >= 11 is 9.56. The highest BCUT2D eigenvalue weighted by atomic mass is 79.9. The van der Waals surface area contributed by atoms with Gasteiger partial charge in [0.25, 0.3) is 0 Å². The Morgan fingerprint density at radius 3 is 2.65 bits per heavy atom. The van der Waals surface area contributed by atoms with Crippen LogP contribution < -0.4 is 5.73 Å². The number of benzene rings is 1. The fourth-order valence-corrected chi connectivity index (χ4v) is 2.67. The second-order valence-corrected chi connectivity index (χ2v) is 6.40. The molecule has 0 radical (unpaired) electrons. The van der Waals surface area contributed by atoms with Crippen LogP contribution >= 0.6 is 27.5 Å². The maximum Gasteiger partial charge on any atom is 0.131 e. The Labute approximate surface area is 133 Å². The fourth-order valence-electron chi connectivity index (χ4n) is 2.24. The van der Waals surface area contributed by atoms with Crippen LogP contribution in [0.25, 0.3) is 11.3 Å². The third kappa shape index (κ3) is 2.86. The highest BCUT2D eigenvalue weighted by Gasteiger charge is 2.18. The van der Waals surface area contributed by atoms with Crippen molar-refractivity contribution in [1.29, 1.82) is 0 Å². The van der Waals surface area contributed by atoms with Crippen molar-refractivity contribution >= 4 is 33.3 Å². The Kier molecular flexibility index (Phi) is 4.76. The van der Waals surface area contributed by atoms with Crippen molar-refractivity contribution in [2.45, 2.75) is 39.7 Å². The molecule has 0 unspecified atom stereocenters. The summed E-state index contributed by atoms with van der Waals surface area (Å²) in [6, 6.07) is 5.80. The lowest BCUT2D eigenvalue weighted by Gasteiger charge is -2.10. The predicted octanol–water partition coefficient (Wildman–Crippen LogP) is 5.08. The molecular formula is C15H19BrClN3. The maximum atomic E-state index is 6.29. The Morgan fingerprint density at radius 1 is 1.40 bits per heavy atom. The van der Waals surface area contributed by atoms with Crippen LogP contribution in [0.2, 0.25) is 5.02 Å². The van der Waals surface area contributed by atoms with Crippen LogP contribution in [0, 0.1) is 0 Å². The second kappa shape index (κ2) is 6.19. The van der Waals surface area contributed by atoms with E-state index in [2.05, 4.69) is 41.3 Å². The number of nitrogens with zero attached hydrogens (tertiary/aromatic N) is 2. The summed E-state index contributed by atoms with van der Waals surface area (Å²) in [7, 11) is 0. The van der Waals surface area contributed by atoms with Crippen LogP contribution in [0.4, 0.5) is 5.82 Å². The standard InChI is InChI=1S/C15H19BrClN3/c1-4-7-20-14(18)13(19-15(20)9(2)3)10-5-6-11(16)12(17)8-10/h5-6,8-9H,4,7,18H2,1-3H3. The summed E-state index contributed by atoms with van der Waals surface area (Å²) < 4.78 is 2.98. The zero-order valence-electron chi connectivity index (χ0n) is 12.0. The Morgan fingerprint density at radius 2 is 2.10 bits per heavy atom. The molecule has 0 atom stereocenters. The summed E-state index contributed by atoms with van der Waals surface area (Å²) in [5.74, 6) is 2.08. The molecule has 1 aromatic carbocycles. The van der Waals surface area contributed by atoms with E-state index in [1.54, 1.807) is 0 Å². The first kappa shape index (κ1) is 15.4. The van der Waals surface area contributed by atoms with E-state index in [0.717, 1.165) is 34.5 Å². The van der Waals surface area contributed by atoms with Gasteiger partial charge in [0.15, 0.2) is 0 Å². The zero-order valence-corrected chi connectivity index (χ0v) is 14.3. The number of imidazole rings is 1. The average Bonchev–Trinajstić information content (AvgIpc) is 2.72. The molecule has 0 spiro atoms. The molecule has 0 aliphatic rings. The van der Waals surface area contributed by atoms with Crippen LogP contribution in [-0.4, -0.2) is 9.55 Å². The molecule has 108 valence electrons. The molecule has 5 heteroatoms. The fraction of sp³-hybridized carbons (Fsp3) is 0.400. The molecule has 0 amide bonds. The Balaban J connectivity index is 2.56. The quantitative estimate of drug-likeness (QED) is 0.830. The Bertz CT molecular complexity index is 620. The molecule has 1 aromatic heterocycles. The number of nitrogen functional groups attached to an aromatic ring is 1. The van der Waals surface area contributed by atoms with Crippen LogP contribution in [0.1, 0.15) is 38.9 Å². The van der Waals surface area contributed by atoms with Gasteiger partial charge in [0.05, 0.1) is 5.02 Å². The lowest BCUT2D eigenvalue weighted by Crippen LogP contribution is -2.08. The topological polar surface area (TPSA) is 43.8 Å². The molecule has 20 heavy (non-hydrogen) atoms. The van der Waals surface area contributed by atoms with Crippen molar-refractivity contribution in [3.05, 3.63) is 33.5 Å². The van der Waals surface area contributed by atoms with Crippen LogP contribution in [0.3, 0.4) is 0 Å². The number of nitrogens with two attached hydrogens (primary N) is 1. The first-order valence-corrected chi connectivity index (χ1v) is 7.94. The molecule has 0 fully saturated rings. The SMILES string of the molecule is CCCn1c(C(C)C)nc(-c2ccc(Br)c(Cl)c2)c1N. The normalized spacial score (nSPS) is 11.3. The monoisotopic (exact) mass is 355 g/mol. The molecule has 3 nitrogen and oxygen atoms in total. The van der Waals surface area contributed by atoms with Gasteiger partial charge in [-0.25, -0.2) is 4.98 Å². The van der Waals surface area contributed by atoms with E-state index in [0.29, 0.717) is 16.8 Å². The molecule has 2 N–H and O–H groups in total. The molecule has 0 saturated heterocycles. The predicted molar refractivity (Wildman–Crippen MR) is 89.2 cm³/mol. The lowest BCUT2D eigenvalue weighted by molar-refractivity contribution is 0.616. The van der Waals surface area contributed by atoms with Crippen molar-refractivity contribution in [2.75, 3.05) is 5.73 Å². The van der Waals surface area contributed by atoms with Gasteiger partial charge in [-0.3, -0.25) is 0 Å². The lowest BCUT2D eigenvalue weighted by atomic mass is 10.1. The van der Waals surface area contributed by atoms with E-state index < -0.39 is 0 Å². The van der Waals surface area contributed by atoms with E-state index in [1.807, 2.05) is 18.2 Å². The molecule has 0 aliphatic heterocycles. The van der Waals surface area contributed by atoms with Gasteiger partial charge in [-0.2, -0.15) is 0 Å². The molecule has 0 aliphatic carbocycles. The number of anilines is 1. The van der Waals surface area contributed by atoms with Crippen LogP contribution in [-0.2, 0) is 6.54 Å². The van der Waals surface area contributed by atoms with E-state index in [1.165, 1.54) is 0 Å². The van der Waals surface area contributed by atoms with Gasteiger partial charge < -0.3 is 10.3 Å². The zero-order chi connectivity index (χ0) is 14.9. The van der Waals surface area contributed by atoms with Crippen molar-refractivity contribution < 1.29 is 0 Å². The minimum absolute atomic E-state index is 0.337. The Hall–Kier alpha value is -1.00. The first-order valence-electron chi connectivity index (χ1n) is 6.77. The van der Waals surface area contributed by atoms with Gasteiger partial charge >= 0.3 is 0 Å². The largest absolute Gasteiger partial charge is 0.383 e. The van der Waals surface area contributed by atoms with Crippen molar-refractivity contribution in [3.8, 4) is 11.3 Å². The summed E-state index contributed by atoms with van der Waals surface area (Å²) in [4.78, 5) is 4.73. The molecule has 2 rings (SSSR count). The molecule has 0 saturated carbocycles. The van der Waals surface area contributed by atoms with E-state index in [9.17, 15) is 0 Å². The highest BCUT2D eigenvalue weighted by molar-refractivity contribution is 9.10. The number of hydrogen-bond donors (Lipinski definition) is 1. The van der Waals surface area contributed by atoms with E-state index in [4.69, 9.17) is 22.3 Å². The van der Waals surface area contributed by atoms with Crippen molar-refractivity contribution in [3.63, 3.8) is 0 Å². The molecule has 1 heterocycles. The van der Waals surface area contributed by atoms with Gasteiger partial charge in [0.2, 0.25) is 0 Å². The molecule has 0 bridgehead atoms. The van der Waals surface area contributed by atoms with E-state index in [-0.39, 0.29) is 0 Å². The number of halogens is 2. The first-order chi connectivity index (χ1) is 9.45. The summed E-state index contributed by atoms with van der Waals surface area (Å²) in [6.07, 6.45) is 1.03. The smallest absolute Gasteiger partial charge is 0.131 e. The number of hydrogen-bond acceptors (Lipinski definition) is 2. The van der Waals surface area contributed by atoms with Gasteiger partial charge in [0.1, 0.15) is 17.3 Å². The second-order valence-electron chi connectivity index (χ2n) is 5.14. The number of rotatable bonds is 4. The summed E-state index contributed by atoms with van der Waals surface area (Å²) in [6.45, 7) is 7.29. The van der Waals surface area contributed by atoms with Gasteiger partial charge in [-0.05, 0) is 34.5 Å². The molecular weight excluding hydrogens is 338 g/mol. The summed E-state index contributed by atoms with van der Waals surface area (Å²) in [5, 5.41) is 0.665. The van der Waals surface area contributed by atoms with Gasteiger partial charge in [-0.1, -0.05) is 38.4 Å². The van der Waals surface area contributed by atoms with Gasteiger partial charge in [-0.15, -0.1) is 0 Å².